The number of ether oxygens (including phenoxy) is 4. The van der Waals surface area contributed by atoms with Gasteiger partial charge >= 0.3 is 35.0 Å². The van der Waals surface area contributed by atoms with Crippen LogP contribution < -0.4 is 9.47 Å². The summed E-state index contributed by atoms with van der Waals surface area (Å²) >= 11 is 1.74. The molecule has 2 N–H and O–H groups in total. The molecular formula is C49H56MgN2O8S+2. The molecule has 2 aromatic heterocycles. The maximum Gasteiger partial charge on any atom is 2.00 e. The second-order valence-corrected chi connectivity index (χ2v) is 15.0. The normalized spacial score (nSPS) is 11.8. The number of carboxylic acids is 2. The first kappa shape index (κ1) is 48.7. The number of benzene rings is 4. The summed E-state index contributed by atoms with van der Waals surface area (Å²) in [6.45, 7) is 11.1. The SMILES string of the molecule is CCO[C@@H](Cc1ccc(OCCn2c(C)ccc2-c2ccc(SC)cc2)cc1)C(=O)O.CCO[C@@H](Cc1ccc(OCCn2c(C)ccc2-c2ccccc2)cc1)C(=O)O.[Mg+2]. The van der Waals surface area contributed by atoms with E-state index in [2.05, 4.69) is 89.9 Å². The number of hydrogen-bond acceptors (Lipinski definition) is 7. The average molecular weight is 857 g/mol. The van der Waals surface area contributed by atoms with Crippen molar-refractivity contribution in [1.29, 1.82) is 0 Å². The third-order valence-electron chi connectivity index (χ3n) is 10.00. The number of aryl methyl sites for hydroxylation is 2. The molecule has 6 rings (SSSR count). The molecule has 0 fully saturated rings. The van der Waals surface area contributed by atoms with Crippen molar-refractivity contribution in [3.8, 4) is 34.0 Å². The van der Waals surface area contributed by atoms with Crippen LogP contribution in [-0.4, -0.2) is 99.2 Å². The summed E-state index contributed by atoms with van der Waals surface area (Å²) in [5, 5.41) is 18.4. The number of aromatic nitrogens is 2. The van der Waals surface area contributed by atoms with Crippen molar-refractivity contribution in [2.45, 2.75) is 70.7 Å². The summed E-state index contributed by atoms with van der Waals surface area (Å²) in [7, 11) is 0. The van der Waals surface area contributed by atoms with Gasteiger partial charge in [0, 0.05) is 53.7 Å². The molecule has 0 unspecified atom stereocenters. The van der Waals surface area contributed by atoms with Gasteiger partial charge in [0.05, 0.1) is 13.1 Å². The average Bonchev–Trinajstić information content (AvgIpc) is 3.82. The van der Waals surface area contributed by atoms with Crippen molar-refractivity contribution < 1.29 is 38.7 Å². The van der Waals surface area contributed by atoms with Crippen molar-refractivity contribution in [2.24, 2.45) is 0 Å². The molecule has 0 saturated heterocycles. The summed E-state index contributed by atoms with van der Waals surface area (Å²) < 4.78 is 26.9. The number of carboxylic acid groups (broad SMARTS) is 2. The van der Waals surface area contributed by atoms with E-state index in [1.807, 2.05) is 66.7 Å². The van der Waals surface area contributed by atoms with Gasteiger partial charge in [-0.05, 0) is 117 Å². The predicted octanol–water partition coefficient (Wildman–Crippen LogP) is 9.49. The van der Waals surface area contributed by atoms with Gasteiger partial charge in [0.1, 0.15) is 24.7 Å². The third-order valence-corrected chi connectivity index (χ3v) is 10.7. The van der Waals surface area contributed by atoms with E-state index in [1.54, 1.807) is 25.6 Å². The first-order chi connectivity index (χ1) is 29.1. The van der Waals surface area contributed by atoms with Crippen LogP contribution in [0, 0.1) is 13.8 Å². The van der Waals surface area contributed by atoms with Crippen LogP contribution in [0.1, 0.15) is 36.4 Å². The van der Waals surface area contributed by atoms with Crippen LogP contribution in [0.2, 0.25) is 0 Å². The zero-order chi connectivity index (χ0) is 42.9. The Bertz CT molecular complexity index is 2220. The van der Waals surface area contributed by atoms with Crippen molar-refractivity contribution in [2.75, 3.05) is 32.7 Å². The molecule has 0 amide bonds. The molecule has 0 aliphatic carbocycles. The first-order valence-corrected chi connectivity index (χ1v) is 21.5. The summed E-state index contributed by atoms with van der Waals surface area (Å²) in [6, 6.07) is 42.5. The van der Waals surface area contributed by atoms with Gasteiger partial charge in [-0.3, -0.25) is 0 Å². The van der Waals surface area contributed by atoms with E-state index in [4.69, 9.17) is 18.9 Å². The first-order valence-electron chi connectivity index (χ1n) is 20.2. The van der Waals surface area contributed by atoms with Gasteiger partial charge in [-0.15, -0.1) is 11.8 Å². The maximum absolute atomic E-state index is 11.3. The summed E-state index contributed by atoms with van der Waals surface area (Å²) in [4.78, 5) is 23.7. The monoisotopic (exact) mass is 856 g/mol. The van der Waals surface area contributed by atoms with E-state index < -0.39 is 24.1 Å². The van der Waals surface area contributed by atoms with Crippen LogP contribution in [-0.2, 0) is 45.0 Å². The molecule has 4 aromatic carbocycles. The van der Waals surface area contributed by atoms with Gasteiger partial charge < -0.3 is 38.3 Å². The standard InChI is InChI=1S/C25H29NO4S.C24H27NO4.Mg/c1-4-29-24(25(27)28)17-19-6-10-21(11-7-19)30-16-15-26-18(2)5-14-23(26)20-8-12-22(31-3)13-9-20;1-3-28-23(24(26)27)17-19-10-12-21(13-11-19)29-16-15-25-18(2)9-14-22(25)20-7-5-4-6-8-20;/h5-14,24H,4,15-17H2,1-3H3,(H,27,28);4-14,23H,3,15-17H2,1-2H3,(H,26,27);/q;;+2/t24-;23-;/m00./s1. The van der Waals surface area contributed by atoms with Gasteiger partial charge in [0.25, 0.3) is 0 Å². The Morgan fingerprint density at radius 3 is 1.36 bits per heavy atom. The van der Waals surface area contributed by atoms with Crippen molar-refractivity contribution in [3.63, 3.8) is 0 Å². The summed E-state index contributed by atoms with van der Waals surface area (Å²) in [5.74, 6) is -0.350. The predicted molar refractivity (Wildman–Crippen MR) is 244 cm³/mol. The Morgan fingerprint density at radius 2 is 0.984 bits per heavy atom. The summed E-state index contributed by atoms with van der Waals surface area (Å²) in [5.41, 5.74) is 8.94. The smallest absolute Gasteiger partial charge is 0.492 e. The minimum absolute atomic E-state index is 0. The number of hydrogen-bond donors (Lipinski definition) is 2. The number of carbonyl (C=O) groups is 2. The fourth-order valence-electron chi connectivity index (χ4n) is 6.83. The molecule has 2 heterocycles. The van der Waals surface area contributed by atoms with E-state index in [1.165, 1.54) is 38.8 Å². The third kappa shape index (κ3) is 14.6. The Hall–Kier alpha value is -4.98. The summed E-state index contributed by atoms with van der Waals surface area (Å²) in [6.07, 6.45) is 1.11. The van der Waals surface area contributed by atoms with Crippen LogP contribution >= 0.6 is 11.8 Å². The van der Waals surface area contributed by atoms with Crippen molar-refractivity contribution in [1.82, 2.24) is 9.13 Å². The Labute approximate surface area is 380 Å². The van der Waals surface area contributed by atoms with Crippen molar-refractivity contribution in [3.05, 3.63) is 150 Å². The Kier molecular flexibility index (Phi) is 20.0. The van der Waals surface area contributed by atoms with Gasteiger partial charge in [0.2, 0.25) is 0 Å². The van der Waals surface area contributed by atoms with E-state index in [0.717, 1.165) is 35.7 Å². The van der Waals surface area contributed by atoms with Gasteiger partial charge in [-0.2, -0.15) is 0 Å². The van der Waals surface area contributed by atoms with E-state index in [-0.39, 0.29) is 23.1 Å². The fraction of sp³-hybridized carbons (Fsp3) is 0.306. The molecule has 6 aromatic rings. The van der Waals surface area contributed by atoms with Gasteiger partial charge in [-0.1, -0.05) is 66.7 Å². The number of thioether (sulfide) groups is 1. The molecule has 0 spiro atoms. The van der Waals surface area contributed by atoms with Gasteiger partial charge in [-0.25, -0.2) is 9.59 Å². The van der Waals surface area contributed by atoms with Crippen LogP contribution in [0.5, 0.6) is 11.5 Å². The molecule has 10 nitrogen and oxygen atoms in total. The number of aliphatic carboxylic acids is 2. The molecule has 0 aliphatic rings. The second kappa shape index (κ2) is 25.1. The quantitative estimate of drug-likeness (QED) is 0.0539. The van der Waals surface area contributed by atoms with Crippen LogP contribution in [0.25, 0.3) is 22.5 Å². The Balaban J connectivity index is 0.000000265. The van der Waals surface area contributed by atoms with E-state index in [9.17, 15) is 19.8 Å². The zero-order valence-electron chi connectivity index (χ0n) is 35.8. The second-order valence-electron chi connectivity index (χ2n) is 14.1. The molecule has 0 bridgehead atoms. The zero-order valence-corrected chi connectivity index (χ0v) is 38.0. The van der Waals surface area contributed by atoms with Crippen LogP contribution in [0.15, 0.2) is 132 Å². The molecule has 0 saturated carbocycles. The molecule has 2 atom stereocenters. The minimum Gasteiger partial charge on any atom is -0.492 e. The Morgan fingerprint density at radius 1 is 0.574 bits per heavy atom. The molecular weight excluding hydrogens is 801 g/mol. The fourth-order valence-corrected chi connectivity index (χ4v) is 7.23. The maximum atomic E-state index is 11.3. The minimum atomic E-state index is -0.942. The largest absolute Gasteiger partial charge is 2.00 e. The van der Waals surface area contributed by atoms with Crippen molar-refractivity contribution >= 4 is 46.8 Å². The topological polar surface area (TPSA) is 121 Å². The molecule has 12 heteroatoms. The molecule has 61 heavy (non-hydrogen) atoms. The molecule has 0 aliphatic heterocycles. The van der Waals surface area contributed by atoms with Gasteiger partial charge in [0.15, 0.2) is 12.2 Å². The molecule has 0 radical (unpaired) electrons. The van der Waals surface area contributed by atoms with E-state index in [0.29, 0.717) is 39.3 Å². The van der Waals surface area contributed by atoms with Crippen LogP contribution in [0.4, 0.5) is 0 Å². The molecule has 316 valence electrons. The number of nitrogens with zero attached hydrogens (tertiary/aromatic N) is 2. The van der Waals surface area contributed by atoms with Crippen LogP contribution in [0.3, 0.4) is 0 Å². The van der Waals surface area contributed by atoms with E-state index >= 15 is 0 Å². The number of rotatable bonds is 21.